The van der Waals surface area contributed by atoms with E-state index in [-0.39, 0.29) is 5.58 Å². The summed E-state index contributed by atoms with van der Waals surface area (Å²) < 4.78 is 32.3. The minimum Gasteiger partial charge on any atom is -0.456 e. The molecule has 2 nitrogen and oxygen atoms in total. The van der Waals surface area contributed by atoms with E-state index in [2.05, 4.69) is 5.32 Å². The Morgan fingerprint density at radius 2 is 2.00 bits per heavy atom. The summed E-state index contributed by atoms with van der Waals surface area (Å²) in [7, 11) is 0. The molecule has 0 saturated heterocycles. The first-order chi connectivity index (χ1) is 8.54. The Balaban J connectivity index is 2.50. The fourth-order valence-corrected chi connectivity index (χ4v) is 2.03. The highest BCUT2D eigenvalue weighted by molar-refractivity contribution is 5.82. The Morgan fingerprint density at radius 1 is 1.28 bits per heavy atom. The lowest BCUT2D eigenvalue weighted by atomic mass is 10.1. The van der Waals surface area contributed by atoms with Crippen molar-refractivity contribution in [2.75, 3.05) is 0 Å². The monoisotopic (exact) mass is 253 g/mol. The van der Waals surface area contributed by atoms with E-state index in [1.54, 1.807) is 6.07 Å². The summed E-state index contributed by atoms with van der Waals surface area (Å²) in [6.07, 6.45) is 0.729. The Bertz CT molecular complexity index is 560. The lowest BCUT2D eigenvalue weighted by Crippen LogP contribution is -2.22. The molecule has 2 aromatic rings. The highest BCUT2D eigenvalue weighted by Crippen LogP contribution is 2.29. The number of rotatable bonds is 4. The maximum absolute atomic E-state index is 13.6. The van der Waals surface area contributed by atoms with Gasteiger partial charge in [0.25, 0.3) is 0 Å². The van der Waals surface area contributed by atoms with Gasteiger partial charge in [-0.3, -0.25) is 0 Å². The molecule has 18 heavy (non-hydrogen) atoms. The van der Waals surface area contributed by atoms with Crippen molar-refractivity contribution in [2.24, 2.45) is 0 Å². The number of halogens is 2. The van der Waals surface area contributed by atoms with Crippen molar-refractivity contribution < 1.29 is 13.2 Å². The molecule has 98 valence electrons. The van der Waals surface area contributed by atoms with E-state index in [4.69, 9.17) is 4.42 Å². The predicted molar refractivity (Wildman–Crippen MR) is 67.5 cm³/mol. The van der Waals surface area contributed by atoms with Gasteiger partial charge in [0.05, 0.1) is 6.54 Å². The zero-order chi connectivity index (χ0) is 13.3. The van der Waals surface area contributed by atoms with Gasteiger partial charge in [0.2, 0.25) is 5.82 Å². The van der Waals surface area contributed by atoms with Gasteiger partial charge in [-0.05, 0) is 18.6 Å². The maximum atomic E-state index is 13.6. The number of fused-ring (bicyclic) bond motifs is 1. The summed E-state index contributed by atoms with van der Waals surface area (Å²) in [5.41, 5.74) is 0.962. The summed E-state index contributed by atoms with van der Waals surface area (Å²) >= 11 is 0. The van der Waals surface area contributed by atoms with Crippen LogP contribution in [0.5, 0.6) is 0 Å². The van der Waals surface area contributed by atoms with Gasteiger partial charge in [-0.1, -0.05) is 20.8 Å². The highest BCUT2D eigenvalue weighted by atomic mass is 19.2. The molecule has 1 heterocycles. The smallest absolute Gasteiger partial charge is 0.201 e. The summed E-state index contributed by atoms with van der Waals surface area (Å²) in [6.45, 7) is 6.55. The zero-order valence-electron chi connectivity index (χ0n) is 10.8. The Hall–Kier alpha value is -1.42. The number of benzene rings is 1. The molecule has 0 aliphatic carbocycles. The molecule has 0 fully saturated rings. The lowest BCUT2D eigenvalue weighted by molar-refractivity contribution is 0.456. The van der Waals surface area contributed by atoms with Crippen LogP contribution in [0.2, 0.25) is 0 Å². The molecule has 0 aliphatic rings. The van der Waals surface area contributed by atoms with Crippen LogP contribution in [0.4, 0.5) is 8.78 Å². The topological polar surface area (TPSA) is 25.2 Å². The fraction of sp³-hybridized carbons (Fsp3) is 0.429. The van der Waals surface area contributed by atoms with Crippen LogP contribution in [0, 0.1) is 11.6 Å². The van der Waals surface area contributed by atoms with Crippen molar-refractivity contribution in [3.63, 3.8) is 0 Å². The quantitative estimate of drug-likeness (QED) is 0.897. The Kier molecular flexibility index (Phi) is 3.66. The fourth-order valence-electron chi connectivity index (χ4n) is 2.03. The largest absolute Gasteiger partial charge is 0.456 e. The van der Waals surface area contributed by atoms with Gasteiger partial charge in [0.1, 0.15) is 5.76 Å². The average Bonchev–Trinajstić information content (AvgIpc) is 2.69. The van der Waals surface area contributed by atoms with Crippen LogP contribution in [0.1, 0.15) is 32.1 Å². The molecular formula is C14H17F2NO. The van der Waals surface area contributed by atoms with Crippen LogP contribution in [-0.4, -0.2) is 6.04 Å². The van der Waals surface area contributed by atoms with Crippen LogP contribution in [0.15, 0.2) is 16.5 Å². The van der Waals surface area contributed by atoms with Crippen molar-refractivity contribution in [2.45, 2.75) is 39.8 Å². The van der Waals surface area contributed by atoms with Gasteiger partial charge in [-0.15, -0.1) is 0 Å². The summed E-state index contributed by atoms with van der Waals surface area (Å²) in [5.74, 6) is -1.09. The molecule has 0 bridgehead atoms. The first-order valence-corrected chi connectivity index (χ1v) is 6.16. The SMILES string of the molecule is CCc1c(CNC(C)C)oc2c(F)c(F)ccc12. The normalized spacial score (nSPS) is 11.7. The summed E-state index contributed by atoms with van der Waals surface area (Å²) in [5, 5.41) is 3.89. The van der Waals surface area contributed by atoms with Gasteiger partial charge in [-0.25, -0.2) is 4.39 Å². The standard InChI is InChI=1S/C14H17F2NO/c1-4-9-10-5-6-11(15)13(16)14(10)18-12(9)7-17-8(2)3/h5-6,8,17H,4,7H2,1-3H3. The molecule has 0 unspecified atom stereocenters. The number of furan rings is 1. The molecular weight excluding hydrogens is 236 g/mol. The third-order valence-electron chi connectivity index (χ3n) is 2.96. The van der Waals surface area contributed by atoms with Crippen molar-refractivity contribution in [1.82, 2.24) is 5.32 Å². The highest BCUT2D eigenvalue weighted by Gasteiger charge is 2.18. The first kappa shape index (κ1) is 13.0. The first-order valence-electron chi connectivity index (χ1n) is 6.16. The molecule has 1 aromatic heterocycles. The number of hydrogen-bond acceptors (Lipinski definition) is 2. The van der Waals surface area contributed by atoms with Gasteiger partial charge >= 0.3 is 0 Å². The van der Waals surface area contributed by atoms with Gasteiger partial charge in [-0.2, -0.15) is 4.39 Å². The van der Waals surface area contributed by atoms with Gasteiger partial charge in [0, 0.05) is 17.0 Å². The molecule has 2 rings (SSSR count). The molecule has 1 N–H and O–H groups in total. The van der Waals surface area contributed by atoms with Crippen LogP contribution in [0.3, 0.4) is 0 Å². The van der Waals surface area contributed by atoms with E-state index in [1.807, 2.05) is 20.8 Å². The minimum absolute atomic E-state index is 0.0207. The van der Waals surface area contributed by atoms with E-state index in [1.165, 1.54) is 0 Å². The second-order valence-corrected chi connectivity index (χ2v) is 4.63. The van der Waals surface area contributed by atoms with Crippen molar-refractivity contribution in [1.29, 1.82) is 0 Å². The van der Waals surface area contributed by atoms with Crippen molar-refractivity contribution in [3.05, 3.63) is 35.1 Å². The Morgan fingerprint density at radius 3 is 2.61 bits per heavy atom. The summed E-state index contributed by atoms with van der Waals surface area (Å²) in [6, 6.07) is 3.03. The molecule has 0 saturated carbocycles. The molecule has 0 aliphatic heterocycles. The summed E-state index contributed by atoms with van der Waals surface area (Å²) in [4.78, 5) is 0. The van der Waals surface area contributed by atoms with Crippen LogP contribution in [-0.2, 0) is 13.0 Å². The predicted octanol–water partition coefficient (Wildman–Crippen LogP) is 3.77. The third kappa shape index (κ3) is 2.25. The third-order valence-corrected chi connectivity index (χ3v) is 2.96. The van der Waals surface area contributed by atoms with Crippen LogP contribution < -0.4 is 5.32 Å². The lowest BCUT2D eigenvalue weighted by Gasteiger charge is -2.06. The number of nitrogens with one attached hydrogen (secondary N) is 1. The number of aryl methyl sites for hydroxylation is 1. The van der Waals surface area contributed by atoms with Crippen LogP contribution >= 0.6 is 0 Å². The Labute approximate surface area is 105 Å². The van der Waals surface area contributed by atoms with E-state index in [0.29, 0.717) is 23.7 Å². The maximum Gasteiger partial charge on any atom is 0.201 e. The van der Waals surface area contributed by atoms with E-state index >= 15 is 0 Å². The molecule has 0 radical (unpaired) electrons. The van der Waals surface area contributed by atoms with E-state index < -0.39 is 11.6 Å². The second-order valence-electron chi connectivity index (χ2n) is 4.63. The minimum atomic E-state index is -0.905. The van der Waals surface area contributed by atoms with Gasteiger partial charge < -0.3 is 9.73 Å². The van der Waals surface area contributed by atoms with Crippen LogP contribution in [0.25, 0.3) is 11.0 Å². The van der Waals surface area contributed by atoms with E-state index in [9.17, 15) is 8.78 Å². The van der Waals surface area contributed by atoms with Gasteiger partial charge in [0.15, 0.2) is 11.4 Å². The van der Waals surface area contributed by atoms with Crippen molar-refractivity contribution >= 4 is 11.0 Å². The van der Waals surface area contributed by atoms with E-state index in [0.717, 1.165) is 18.1 Å². The second kappa shape index (κ2) is 5.06. The number of hydrogen-bond donors (Lipinski definition) is 1. The zero-order valence-corrected chi connectivity index (χ0v) is 10.8. The molecule has 1 aromatic carbocycles. The average molecular weight is 253 g/mol. The molecule has 4 heteroatoms. The van der Waals surface area contributed by atoms with Crippen molar-refractivity contribution in [3.8, 4) is 0 Å². The molecule has 0 spiro atoms. The molecule has 0 amide bonds. The molecule has 0 atom stereocenters.